The van der Waals surface area contributed by atoms with Crippen LogP contribution in [0.3, 0.4) is 0 Å². The van der Waals surface area contributed by atoms with E-state index in [0.29, 0.717) is 23.0 Å². The van der Waals surface area contributed by atoms with Crippen molar-refractivity contribution in [2.75, 3.05) is 13.7 Å². The summed E-state index contributed by atoms with van der Waals surface area (Å²) in [5.41, 5.74) is 0.450. The number of rotatable bonds is 3. The molecule has 0 fully saturated rings. The van der Waals surface area contributed by atoms with Gasteiger partial charge in [0.25, 0.3) is 10.0 Å². The summed E-state index contributed by atoms with van der Waals surface area (Å²) in [6.07, 6.45) is 2.30. The average Bonchev–Trinajstić information content (AvgIpc) is 2.32. The molecule has 1 heterocycles. The molecule has 0 aromatic heterocycles. The number of sulfonamides is 1. The van der Waals surface area contributed by atoms with E-state index in [0.717, 1.165) is 10.7 Å². The number of halogens is 1. The molecule has 0 aliphatic carbocycles. The van der Waals surface area contributed by atoms with E-state index in [-0.39, 0.29) is 4.90 Å². The van der Waals surface area contributed by atoms with Crippen LogP contribution in [0.25, 0.3) is 5.76 Å². The van der Waals surface area contributed by atoms with Crippen molar-refractivity contribution in [3.63, 3.8) is 0 Å². The van der Waals surface area contributed by atoms with Crippen LogP contribution in [0.1, 0.15) is 18.9 Å². The van der Waals surface area contributed by atoms with Gasteiger partial charge in [0.1, 0.15) is 5.76 Å². The maximum absolute atomic E-state index is 12.1. The van der Waals surface area contributed by atoms with Gasteiger partial charge < -0.3 is 4.74 Å². The zero-order chi connectivity index (χ0) is 13.3. The Hall–Kier alpha value is -1.20. The second-order valence-electron chi connectivity index (χ2n) is 3.98. The number of ether oxygens (including phenoxy) is 1. The van der Waals surface area contributed by atoms with Crippen LogP contribution in [-0.2, 0) is 14.8 Å². The summed E-state index contributed by atoms with van der Waals surface area (Å²) in [7, 11) is -2.03. The van der Waals surface area contributed by atoms with Crippen LogP contribution < -0.4 is 0 Å². The highest BCUT2D eigenvalue weighted by Crippen LogP contribution is 2.36. The standard InChI is InChI=1S/C12H14ClNO3S/c1-3-7-17-10-8-14(2)18(15,16)11-6-4-5-9(13)12(10)11/h4-6,8H,3,7H2,1-2H3. The maximum atomic E-state index is 12.1. The maximum Gasteiger partial charge on any atom is 0.264 e. The predicted molar refractivity (Wildman–Crippen MR) is 70.6 cm³/mol. The van der Waals surface area contributed by atoms with Gasteiger partial charge in [-0.2, -0.15) is 0 Å². The fourth-order valence-corrected chi connectivity index (χ4v) is 3.32. The van der Waals surface area contributed by atoms with E-state index >= 15 is 0 Å². The molecule has 98 valence electrons. The van der Waals surface area contributed by atoms with E-state index in [4.69, 9.17) is 16.3 Å². The van der Waals surface area contributed by atoms with Crippen molar-refractivity contribution in [2.45, 2.75) is 18.2 Å². The highest BCUT2D eigenvalue weighted by molar-refractivity contribution is 7.89. The first-order valence-electron chi connectivity index (χ1n) is 5.60. The van der Waals surface area contributed by atoms with Crippen molar-refractivity contribution in [1.29, 1.82) is 0 Å². The molecule has 0 radical (unpaired) electrons. The zero-order valence-corrected chi connectivity index (χ0v) is 11.8. The van der Waals surface area contributed by atoms with Gasteiger partial charge in [-0.25, -0.2) is 8.42 Å². The molecule has 1 aliphatic rings. The molecule has 18 heavy (non-hydrogen) atoms. The van der Waals surface area contributed by atoms with Crippen LogP contribution >= 0.6 is 11.6 Å². The molecule has 1 aromatic rings. The molecular formula is C12H14ClNO3S. The first kappa shape index (κ1) is 13.2. The Morgan fingerprint density at radius 1 is 1.39 bits per heavy atom. The number of benzene rings is 1. The van der Waals surface area contributed by atoms with Crippen LogP contribution in [0, 0.1) is 0 Å². The minimum Gasteiger partial charge on any atom is -0.491 e. The molecule has 0 amide bonds. The van der Waals surface area contributed by atoms with Gasteiger partial charge in [0.2, 0.25) is 0 Å². The van der Waals surface area contributed by atoms with E-state index in [1.807, 2.05) is 6.92 Å². The van der Waals surface area contributed by atoms with E-state index in [9.17, 15) is 8.42 Å². The molecule has 0 unspecified atom stereocenters. The quantitative estimate of drug-likeness (QED) is 0.859. The highest BCUT2D eigenvalue weighted by Gasteiger charge is 2.31. The smallest absolute Gasteiger partial charge is 0.264 e. The molecular weight excluding hydrogens is 274 g/mol. The minimum absolute atomic E-state index is 0.186. The summed E-state index contributed by atoms with van der Waals surface area (Å²) in [5, 5.41) is 0.381. The Balaban J connectivity index is 2.60. The Morgan fingerprint density at radius 2 is 2.11 bits per heavy atom. The number of nitrogens with zero attached hydrogens (tertiary/aromatic N) is 1. The van der Waals surface area contributed by atoms with Gasteiger partial charge in [-0.05, 0) is 18.6 Å². The van der Waals surface area contributed by atoms with Crippen LogP contribution in [-0.4, -0.2) is 26.4 Å². The fraction of sp³-hybridized carbons (Fsp3) is 0.333. The lowest BCUT2D eigenvalue weighted by Crippen LogP contribution is -2.27. The molecule has 0 N–H and O–H groups in total. The Labute approximate surface area is 112 Å². The molecule has 2 rings (SSSR count). The van der Waals surface area contributed by atoms with Crippen molar-refractivity contribution < 1.29 is 13.2 Å². The van der Waals surface area contributed by atoms with Crippen LogP contribution in [0.15, 0.2) is 29.3 Å². The molecule has 4 nitrogen and oxygen atoms in total. The lowest BCUT2D eigenvalue weighted by atomic mass is 10.2. The van der Waals surface area contributed by atoms with Crippen LogP contribution in [0.4, 0.5) is 0 Å². The van der Waals surface area contributed by atoms with Gasteiger partial charge in [0.15, 0.2) is 0 Å². The molecule has 0 spiro atoms. The highest BCUT2D eigenvalue weighted by atomic mass is 35.5. The molecule has 0 saturated heterocycles. The van der Waals surface area contributed by atoms with Crippen molar-refractivity contribution >= 4 is 27.4 Å². The SMILES string of the molecule is CCCOC1=CN(C)S(=O)(=O)c2cccc(Cl)c21. The fourth-order valence-electron chi connectivity index (χ4n) is 1.73. The Bertz CT molecular complexity index is 595. The monoisotopic (exact) mass is 287 g/mol. The third-order valence-electron chi connectivity index (χ3n) is 2.64. The molecule has 1 aromatic carbocycles. The molecule has 0 atom stereocenters. The zero-order valence-electron chi connectivity index (χ0n) is 10.2. The van der Waals surface area contributed by atoms with Gasteiger partial charge in [0.05, 0.1) is 28.3 Å². The second kappa shape index (κ2) is 4.82. The molecule has 0 saturated carbocycles. The Kier molecular flexibility index (Phi) is 3.54. The third-order valence-corrected chi connectivity index (χ3v) is 4.71. The van der Waals surface area contributed by atoms with Crippen molar-refractivity contribution in [1.82, 2.24) is 4.31 Å². The van der Waals surface area contributed by atoms with Gasteiger partial charge in [-0.15, -0.1) is 0 Å². The molecule has 0 bridgehead atoms. The first-order chi connectivity index (χ1) is 8.48. The van der Waals surface area contributed by atoms with Crippen LogP contribution in [0.2, 0.25) is 5.02 Å². The number of fused-ring (bicyclic) bond motifs is 1. The van der Waals surface area contributed by atoms with Gasteiger partial charge in [-0.1, -0.05) is 24.6 Å². The molecule has 6 heteroatoms. The molecule has 1 aliphatic heterocycles. The second-order valence-corrected chi connectivity index (χ2v) is 6.35. The van der Waals surface area contributed by atoms with E-state index < -0.39 is 10.0 Å². The lowest BCUT2D eigenvalue weighted by Gasteiger charge is -2.25. The summed E-state index contributed by atoms with van der Waals surface area (Å²) in [4.78, 5) is 0.186. The van der Waals surface area contributed by atoms with E-state index in [1.54, 1.807) is 12.1 Å². The van der Waals surface area contributed by atoms with Gasteiger partial charge >= 0.3 is 0 Å². The summed E-state index contributed by atoms with van der Waals surface area (Å²) in [6.45, 7) is 2.50. The summed E-state index contributed by atoms with van der Waals surface area (Å²) < 4.78 is 31.0. The normalized spacial score (nSPS) is 17.1. The van der Waals surface area contributed by atoms with E-state index in [1.165, 1.54) is 19.3 Å². The summed E-state index contributed by atoms with van der Waals surface area (Å²) in [5.74, 6) is 0.495. The van der Waals surface area contributed by atoms with Crippen molar-refractivity contribution in [3.8, 4) is 0 Å². The first-order valence-corrected chi connectivity index (χ1v) is 7.42. The van der Waals surface area contributed by atoms with Crippen LogP contribution in [0.5, 0.6) is 0 Å². The summed E-state index contributed by atoms with van der Waals surface area (Å²) in [6, 6.07) is 4.81. The average molecular weight is 288 g/mol. The van der Waals surface area contributed by atoms with Crippen molar-refractivity contribution in [3.05, 3.63) is 35.0 Å². The largest absolute Gasteiger partial charge is 0.491 e. The number of hydrogen-bond acceptors (Lipinski definition) is 3. The van der Waals surface area contributed by atoms with Crippen molar-refractivity contribution in [2.24, 2.45) is 0 Å². The summed E-state index contributed by atoms with van der Waals surface area (Å²) >= 11 is 6.09. The van der Waals surface area contributed by atoms with E-state index in [2.05, 4.69) is 0 Å². The van der Waals surface area contributed by atoms with Gasteiger partial charge in [0, 0.05) is 7.05 Å². The Morgan fingerprint density at radius 3 is 2.78 bits per heavy atom. The minimum atomic E-state index is -3.51. The third kappa shape index (κ3) is 2.08. The predicted octanol–water partition coefficient (Wildman–Crippen LogP) is 2.70. The topological polar surface area (TPSA) is 46.6 Å². The number of hydrogen-bond donors (Lipinski definition) is 0. The lowest BCUT2D eigenvalue weighted by molar-refractivity contribution is 0.272. The van der Waals surface area contributed by atoms with Gasteiger partial charge in [-0.3, -0.25) is 4.31 Å².